The molecule has 0 aliphatic carbocycles. The topological polar surface area (TPSA) is 39.9 Å². The highest BCUT2D eigenvalue weighted by molar-refractivity contribution is 5.41. The third kappa shape index (κ3) is 2.83. The summed E-state index contributed by atoms with van der Waals surface area (Å²) >= 11 is 0. The number of hydrogen-bond donors (Lipinski definition) is 0. The molecule has 0 atom stereocenters. The van der Waals surface area contributed by atoms with Crippen molar-refractivity contribution in [2.45, 2.75) is 6.54 Å². The Hall–Kier alpha value is -2.41. The second kappa shape index (κ2) is 5.28. The van der Waals surface area contributed by atoms with E-state index in [0.29, 0.717) is 18.1 Å². The Kier molecular flexibility index (Phi) is 3.54. The number of nitrogens with zero attached hydrogens (tertiary/aromatic N) is 3. The van der Waals surface area contributed by atoms with Crippen LogP contribution in [0.2, 0.25) is 0 Å². The SMILES string of the molecule is CN(Cc1cccc(F)c1)c1cccc(C#N)n1. The lowest BCUT2D eigenvalue weighted by atomic mass is 10.2. The van der Waals surface area contributed by atoms with E-state index < -0.39 is 0 Å². The van der Waals surface area contributed by atoms with E-state index in [0.717, 1.165) is 5.56 Å². The summed E-state index contributed by atoms with van der Waals surface area (Å²) in [6.07, 6.45) is 0. The Balaban J connectivity index is 2.17. The largest absolute Gasteiger partial charge is 0.355 e. The summed E-state index contributed by atoms with van der Waals surface area (Å²) in [5.74, 6) is 0.443. The van der Waals surface area contributed by atoms with E-state index in [-0.39, 0.29) is 5.82 Å². The molecule has 0 unspecified atom stereocenters. The van der Waals surface area contributed by atoms with E-state index in [2.05, 4.69) is 4.98 Å². The average Bonchev–Trinajstić information content (AvgIpc) is 2.39. The fourth-order valence-electron chi connectivity index (χ4n) is 1.69. The van der Waals surface area contributed by atoms with Gasteiger partial charge in [0, 0.05) is 13.6 Å². The second-order valence-corrected chi connectivity index (χ2v) is 3.98. The van der Waals surface area contributed by atoms with Gasteiger partial charge in [-0.25, -0.2) is 9.37 Å². The predicted octanol–water partition coefficient (Wildman–Crippen LogP) is 2.73. The van der Waals surface area contributed by atoms with E-state index in [1.165, 1.54) is 12.1 Å². The third-order valence-corrected chi connectivity index (χ3v) is 2.55. The summed E-state index contributed by atoms with van der Waals surface area (Å²) in [5, 5.41) is 8.79. The maximum absolute atomic E-state index is 13.1. The molecule has 18 heavy (non-hydrogen) atoms. The number of hydrogen-bond acceptors (Lipinski definition) is 3. The van der Waals surface area contributed by atoms with Crippen LogP contribution < -0.4 is 4.90 Å². The van der Waals surface area contributed by atoms with Crippen molar-refractivity contribution in [2.24, 2.45) is 0 Å². The summed E-state index contributed by atoms with van der Waals surface area (Å²) < 4.78 is 13.1. The molecule has 0 aliphatic rings. The number of pyridine rings is 1. The first-order valence-corrected chi connectivity index (χ1v) is 5.52. The van der Waals surface area contributed by atoms with Gasteiger partial charge in [-0.1, -0.05) is 18.2 Å². The molecule has 0 bridgehead atoms. The minimum absolute atomic E-state index is 0.250. The van der Waals surface area contributed by atoms with E-state index in [9.17, 15) is 4.39 Å². The van der Waals surface area contributed by atoms with Gasteiger partial charge in [0.1, 0.15) is 23.4 Å². The van der Waals surface area contributed by atoms with Gasteiger partial charge in [0.2, 0.25) is 0 Å². The first-order valence-electron chi connectivity index (χ1n) is 5.52. The number of nitriles is 1. The van der Waals surface area contributed by atoms with Crippen LogP contribution in [0.3, 0.4) is 0 Å². The van der Waals surface area contributed by atoms with Crippen molar-refractivity contribution < 1.29 is 4.39 Å². The molecule has 0 fully saturated rings. The molecule has 1 aromatic carbocycles. The van der Waals surface area contributed by atoms with Crippen molar-refractivity contribution in [3.05, 3.63) is 59.5 Å². The molecular weight excluding hydrogens is 229 g/mol. The summed E-state index contributed by atoms with van der Waals surface area (Å²) in [4.78, 5) is 6.05. The fraction of sp³-hybridized carbons (Fsp3) is 0.143. The predicted molar refractivity (Wildman–Crippen MR) is 67.5 cm³/mol. The van der Waals surface area contributed by atoms with Gasteiger partial charge in [0.15, 0.2) is 0 Å². The number of anilines is 1. The van der Waals surface area contributed by atoms with Crippen LogP contribution in [0.25, 0.3) is 0 Å². The fourth-order valence-corrected chi connectivity index (χ4v) is 1.69. The first kappa shape index (κ1) is 12.1. The molecular formula is C14H12FN3. The van der Waals surface area contributed by atoms with Crippen LogP contribution in [-0.2, 0) is 6.54 Å². The quantitative estimate of drug-likeness (QED) is 0.829. The Morgan fingerprint density at radius 1 is 1.28 bits per heavy atom. The second-order valence-electron chi connectivity index (χ2n) is 3.98. The zero-order chi connectivity index (χ0) is 13.0. The van der Waals surface area contributed by atoms with Crippen LogP contribution in [0.5, 0.6) is 0 Å². The molecule has 4 heteroatoms. The lowest BCUT2D eigenvalue weighted by Crippen LogP contribution is -2.17. The van der Waals surface area contributed by atoms with Gasteiger partial charge < -0.3 is 4.90 Å². The molecule has 0 spiro atoms. The maximum Gasteiger partial charge on any atom is 0.142 e. The molecule has 0 radical (unpaired) electrons. The standard InChI is InChI=1S/C14H12FN3/c1-18(10-11-4-2-5-12(15)8-11)14-7-3-6-13(9-16)17-14/h2-8H,10H2,1H3. The number of halogens is 1. The molecule has 0 saturated carbocycles. The van der Waals surface area contributed by atoms with Gasteiger partial charge in [0.25, 0.3) is 0 Å². The molecule has 1 aromatic heterocycles. The Bertz CT molecular complexity index is 590. The van der Waals surface area contributed by atoms with Gasteiger partial charge in [-0.05, 0) is 29.8 Å². The summed E-state index contributed by atoms with van der Waals surface area (Å²) in [5.41, 5.74) is 1.24. The van der Waals surface area contributed by atoms with Crippen LogP contribution in [0.1, 0.15) is 11.3 Å². The summed E-state index contributed by atoms with van der Waals surface area (Å²) in [6.45, 7) is 0.541. The van der Waals surface area contributed by atoms with Crippen LogP contribution in [0.4, 0.5) is 10.2 Å². The van der Waals surface area contributed by atoms with Crippen molar-refractivity contribution in [1.29, 1.82) is 5.26 Å². The van der Waals surface area contributed by atoms with Crippen LogP contribution in [0, 0.1) is 17.1 Å². The maximum atomic E-state index is 13.1. The van der Waals surface area contributed by atoms with Gasteiger partial charge in [-0.3, -0.25) is 0 Å². The molecule has 0 aliphatic heterocycles. The Morgan fingerprint density at radius 2 is 2.06 bits per heavy atom. The molecule has 0 N–H and O–H groups in total. The van der Waals surface area contributed by atoms with Crippen molar-refractivity contribution in [1.82, 2.24) is 4.98 Å². The highest BCUT2D eigenvalue weighted by atomic mass is 19.1. The van der Waals surface area contributed by atoms with Crippen LogP contribution in [0.15, 0.2) is 42.5 Å². The van der Waals surface area contributed by atoms with Gasteiger partial charge in [-0.2, -0.15) is 5.26 Å². The summed E-state index contributed by atoms with van der Waals surface area (Å²) in [6, 6.07) is 13.7. The molecule has 3 nitrogen and oxygen atoms in total. The zero-order valence-corrected chi connectivity index (χ0v) is 9.97. The smallest absolute Gasteiger partial charge is 0.142 e. The first-order chi connectivity index (χ1) is 8.69. The van der Waals surface area contributed by atoms with E-state index >= 15 is 0 Å². The van der Waals surface area contributed by atoms with E-state index in [1.807, 2.05) is 30.1 Å². The number of rotatable bonds is 3. The molecule has 0 amide bonds. The van der Waals surface area contributed by atoms with Gasteiger partial charge in [-0.15, -0.1) is 0 Å². The molecule has 1 heterocycles. The highest BCUT2D eigenvalue weighted by Crippen LogP contribution is 2.13. The van der Waals surface area contributed by atoms with Gasteiger partial charge in [0.05, 0.1) is 0 Å². The zero-order valence-electron chi connectivity index (χ0n) is 9.97. The van der Waals surface area contributed by atoms with Crippen LogP contribution >= 0.6 is 0 Å². The van der Waals surface area contributed by atoms with E-state index in [4.69, 9.17) is 5.26 Å². The molecule has 90 valence electrons. The summed E-state index contributed by atoms with van der Waals surface area (Å²) in [7, 11) is 1.86. The molecule has 2 aromatic rings. The van der Waals surface area contributed by atoms with Crippen molar-refractivity contribution in [2.75, 3.05) is 11.9 Å². The number of aromatic nitrogens is 1. The molecule has 2 rings (SSSR count). The Labute approximate surface area is 105 Å². The van der Waals surface area contributed by atoms with E-state index in [1.54, 1.807) is 18.2 Å². The third-order valence-electron chi connectivity index (χ3n) is 2.55. The minimum Gasteiger partial charge on any atom is -0.355 e. The minimum atomic E-state index is -0.250. The number of benzene rings is 1. The van der Waals surface area contributed by atoms with Crippen LogP contribution in [-0.4, -0.2) is 12.0 Å². The monoisotopic (exact) mass is 241 g/mol. The Morgan fingerprint density at radius 3 is 2.78 bits per heavy atom. The molecule has 0 saturated heterocycles. The normalized spacial score (nSPS) is 9.83. The lowest BCUT2D eigenvalue weighted by molar-refractivity contribution is 0.625. The average molecular weight is 241 g/mol. The van der Waals surface area contributed by atoms with Crippen molar-refractivity contribution >= 4 is 5.82 Å². The van der Waals surface area contributed by atoms with Crippen molar-refractivity contribution in [3.63, 3.8) is 0 Å². The lowest BCUT2D eigenvalue weighted by Gasteiger charge is -2.18. The van der Waals surface area contributed by atoms with Crippen molar-refractivity contribution in [3.8, 4) is 6.07 Å². The highest BCUT2D eigenvalue weighted by Gasteiger charge is 2.05. The van der Waals surface area contributed by atoms with Gasteiger partial charge >= 0.3 is 0 Å².